The predicted octanol–water partition coefficient (Wildman–Crippen LogP) is 2.74. The van der Waals surface area contributed by atoms with Crippen LogP contribution in [-0.4, -0.2) is 10.6 Å². The Labute approximate surface area is 92.2 Å². The van der Waals surface area contributed by atoms with Crippen LogP contribution in [0.5, 0.6) is 0 Å². The molecule has 1 amide bonds. The van der Waals surface area contributed by atoms with Crippen LogP contribution in [0.25, 0.3) is 6.08 Å². The van der Waals surface area contributed by atoms with Crippen LogP contribution in [-0.2, 0) is 0 Å². The molecule has 4 heteroatoms. The Morgan fingerprint density at radius 3 is 2.64 bits per heavy atom. The van der Waals surface area contributed by atoms with Gasteiger partial charge in [-0.15, -0.1) is 12.6 Å². The molecule has 14 heavy (non-hydrogen) atoms. The molecule has 0 aliphatic carbocycles. The van der Waals surface area contributed by atoms with Gasteiger partial charge in [-0.05, 0) is 23.4 Å². The summed E-state index contributed by atoms with van der Waals surface area (Å²) in [5, 5.41) is 2.51. The third-order valence-corrected chi connectivity index (χ3v) is 3.32. The number of hydrogen-bond acceptors (Lipinski definition) is 3. The van der Waals surface area contributed by atoms with Gasteiger partial charge >= 0.3 is 0 Å². The molecule has 1 atom stereocenters. The lowest BCUT2D eigenvalue weighted by Gasteiger charge is -2.01. The fourth-order valence-electron chi connectivity index (χ4n) is 1.20. The van der Waals surface area contributed by atoms with Gasteiger partial charge in [-0.3, -0.25) is 4.79 Å². The second-order valence-electron chi connectivity index (χ2n) is 2.89. The fraction of sp³-hybridized carbons (Fsp3) is 0.100. The third-order valence-electron chi connectivity index (χ3n) is 1.84. The molecular weight excluding hydrogens is 214 g/mol. The maximum Gasteiger partial charge on any atom is 0.284 e. The number of nitrogens with one attached hydrogen (secondary N) is 1. The van der Waals surface area contributed by atoms with Gasteiger partial charge in [-0.2, -0.15) is 0 Å². The Morgan fingerprint density at radius 1 is 1.36 bits per heavy atom. The van der Waals surface area contributed by atoms with Crippen LogP contribution in [0.4, 0.5) is 4.79 Å². The van der Waals surface area contributed by atoms with Gasteiger partial charge in [0.05, 0.1) is 0 Å². The number of benzene rings is 1. The Kier molecular flexibility index (Phi) is 2.84. The van der Waals surface area contributed by atoms with Gasteiger partial charge in [0, 0.05) is 4.91 Å². The van der Waals surface area contributed by atoms with Crippen molar-refractivity contribution in [1.82, 2.24) is 5.32 Å². The quantitative estimate of drug-likeness (QED) is 0.717. The Hall–Kier alpha value is -0.870. The van der Waals surface area contributed by atoms with E-state index in [4.69, 9.17) is 0 Å². The molecule has 1 aromatic carbocycles. The number of amides is 1. The second kappa shape index (κ2) is 4.11. The zero-order valence-electron chi connectivity index (χ0n) is 7.31. The Balaban J connectivity index is 2.23. The molecule has 1 aliphatic rings. The minimum absolute atomic E-state index is 0.0350. The molecule has 1 unspecified atom stereocenters. The third kappa shape index (κ3) is 2.13. The summed E-state index contributed by atoms with van der Waals surface area (Å²) in [7, 11) is 0. The van der Waals surface area contributed by atoms with Gasteiger partial charge < -0.3 is 5.32 Å². The summed E-state index contributed by atoms with van der Waals surface area (Å²) in [6, 6.07) is 9.89. The molecule has 1 aromatic rings. The van der Waals surface area contributed by atoms with Crippen molar-refractivity contribution in [2.75, 3.05) is 0 Å². The number of thioether (sulfide) groups is 1. The zero-order valence-corrected chi connectivity index (χ0v) is 9.02. The molecule has 2 rings (SSSR count). The maximum absolute atomic E-state index is 11.0. The summed E-state index contributed by atoms with van der Waals surface area (Å²) in [6.45, 7) is 0. The van der Waals surface area contributed by atoms with Crippen molar-refractivity contribution in [2.24, 2.45) is 0 Å². The second-order valence-corrected chi connectivity index (χ2v) is 4.46. The first kappa shape index (κ1) is 9.68. The molecule has 1 heterocycles. The van der Waals surface area contributed by atoms with Crippen LogP contribution >= 0.6 is 24.4 Å². The van der Waals surface area contributed by atoms with Gasteiger partial charge in [0.15, 0.2) is 0 Å². The molecule has 0 spiro atoms. The van der Waals surface area contributed by atoms with E-state index in [0.29, 0.717) is 0 Å². The number of hydrogen-bond donors (Lipinski definition) is 2. The van der Waals surface area contributed by atoms with Crippen LogP contribution in [0.2, 0.25) is 0 Å². The average Bonchev–Trinajstić information content (AvgIpc) is 2.47. The first-order valence-electron chi connectivity index (χ1n) is 4.19. The molecule has 1 N–H and O–H groups in total. The lowest BCUT2D eigenvalue weighted by atomic mass is 10.2. The SMILES string of the molecule is O=C1NC(S)/C(=C/c2ccccc2)S1. The molecular formula is C10H9NOS2. The summed E-state index contributed by atoms with van der Waals surface area (Å²) in [6.07, 6.45) is 1.97. The monoisotopic (exact) mass is 223 g/mol. The smallest absolute Gasteiger partial charge is 0.284 e. The van der Waals surface area contributed by atoms with Crippen molar-refractivity contribution in [3.63, 3.8) is 0 Å². The van der Waals surface area contributed by atoms with Crippen molar-refractivity contribution in [3.05, 3.63) is 40.8 Å². The van der Waals surface area contributed by atoms with E-state index in [9.17, 15) is 4.79 Å². The fourth-order valence-corrected chi connectivity index (χ4v) is 2.39. The van der Waals surface area contributed by atoms with Crippen LogP contribution in [0.1, 0.15) is 5.56 Å². The highest BCUT2D eigenvalue weighted by atomic mass is 32.2. The van der Waals surface area contributed by atoms with Crippen molar-refractivity contribution in [3.8, 4) is 0 Å². The van der Waals surface area contributed by atoms with Gasteiger partial charge in [-0.1, -0.05) is 30.3 Å². The minimum Gasteiger partial charge on any atom is -0.330 e. The summed E-state index contributed by atoms with van der Waals surface area (Å²) < 4.78 is 0. The Bertz CT molecular complexity index is 375. The van der Waals surface area contributed by atoms with Gasteiger partial charge in [0.1, 0.15) is 5.37 Å². The van der Waals surface area contributed by atoms with Crippen molar-refractivity contribution in [1.29, 1.82) is 0 Å². The highest BCUT2D eigenvalue weighted by Gasteiger charge is 2.23. The van der Waals surface area contributed by atoms with Crippen molar-refractivity contribution >= 4 is 35.7 Å². The molecule has 1 saturated heterocycles. The molecule has 1 aliphatic heterocycles. The minimum atomic E-state index is -0.160. The van der Waals surface area contributed by atoms with Gasteiger partial charge in [0.2, 0.25) is 0 Å². The zero-order chi connectivity index (χ0) is 9.97. The standard InChI is InChI=1S/C10H9NOS2/c12-10-11-9(13)8(14-10)6-7-4-2-1-3-5-7/h1-6,9,13H,(H,11,12)/b8-6-. The molecule has 0 bridgehead atoms. The summed E-state index contributed by atoms with van der Waals surface area (Å²) >= 11 is 5.46. The topological polar surface area (TPSA) is 29.1 Å². The highest BCUT2D eigenvalue weighted by molar-refractivity contribution is 8.18. The first-order valence-corrected chi connectivity index (χ1v) is 5.52. The molecule has 0 saturated carbocycles. The number of carbonyl (C=O) groups is 1. The molecule has 0 aromatic heterocycles. The van der Waals surface area contributed by atoms with E-state index in [0.717, 1.165) is 10.5 Å². The first-order chi connectivity index (χ1) is 6.75. The number of rotatable bonds is 1. The molecule has 1 fully saturated rings. The average molecular weight is 223 g/mol. The Morgan fingerprint density at radius 2 is 2.07 bits per heavy atom. The van der Waals surface area contributed by atoms with E-state index in [1.54, 1.807) is 0 Å². The van der Waals surface area contributed by atoms with Crippen molar-refractivity contribution in [2.45, 2.75) is 5.37 Å². The van der Waals surface area contributed by atoms with E-state index >= 15 is 0 Å². The van der Waals surface area contributed by atoms with Crippen LogP contribution in [0.15, 0.2) is 35.2 Å². The molecule has 0 radical (unpaired) electrons. The summed E-state index contributed by atoms with van der Waals surface area (Å²) in [5.74, 6) is 0. The van der Waals surface area contributed by atoms with Crippen LogP contribution in [0, 0.1) is 0 Å². The predicted molar refractivity (Wildman–Crippen MR) is 63.3 cm³/mol. The maximum atomic E-state index is 11.0. The van der Waals surface area contributed by atoms with E-state index in [1.807, 2.05) is 36.4 Å². The molecule has 2 nitrogen and oxygen atoms in total. The van der Waals surface area contributed by atoms with Crippen LogP contribution in [0.3, 0.4) is 0 Å². The summed E-state index contributed by atoms with van der Waals surface area (Å²) in [5.41, 5.74) is 1.09. The molecule has 72 valence electrons. The normalized spacial score (nSPS) is 23.9. The van der Waals surface area contributed by atoms with E-state index in [1.165, 1.54) is 11.8 Å². The summed E-state index contributed by atoms with van der Waals surface area (Å²) in [4.78, 5) is 12.0. The van der Waals surface area contributed by atoms with Gasteiger partial charge in [-0.25, -0.2) is 0 Å². The highest BCUT2D eigenvalue weighted by Crippen LogP contribution is 2.31. The lowest BCUT2D eigenvalue weighted by molar-refractivity contribution is 0.262. The van der Waals surface area contributed by atoms with E-state index < -0.39 is 0 Å². The lowest BCUT2D eigenvalue weighted by Crippen LogP contribution is -2.18. The number of thiol groups is 1. The van der Waals surface area contributed by atoms with E-state index in [2.05, 4.69) is 17.9 Å². The number of carbonyl (C=O) groups excluding carboxylic acids is 1. The van der Waals surface area contributed by atoms with Gasteiger partial charge in [0.25, 0.3) is 5.24 Å². The largest absolute Gasteiger partial charge is 0.330 e. The van der Waals surface area contributed by atoms with Crippen molar-refractivity contribution < 1.29 is 4.79 Å². The van der Waals surface area contributed by atoms with Crippen LogP contribution < -0.4 is 5.32 Å². The van der Waals surface area contributed by atoms with E-state index in [-0.39, 0.29) is 10.6 Å².